The van der Waals surface area contributed by atoms with Crippen LogP contribution in [0.1, 0.15) is 30.6 Å². The van der Waals surface area contributed by atoms with Crippen molar-refractivity contribution in [3.63, 3.8) is 0 Å². The molecule has 0 bridgehead atoms. The van der Waals surface area contributed by atoms with Crippen LogP contribution in [-0.2, 0) is 9.53 Å². The number of methoxy groups -OCH3 is 1. The normalized spacial score (nSPS) is 11.6. The summed E-state index contributed by atoms with van der Waals surface area (Å²) in [5, 5.41) is 2.70. The van der Waals surface area contributed by atoms with Crippen LogP contribution in [0, 0.1) is 0 Å². The first-order chi connectivity index (χ1) is 9.49. The molecule has 0 fully saturated rings. The first-order valence-corrected chi connectivity index (χ1v) is 6.38. The van der Waals surface area contributed by atoms with Gasteiger partial charge in [0.1, 0.15) is 11.3 Å². The van der Waals surface area contributed by atoms with E-state index in [9.17, 15) is 9.59 Å². The van der Waals surface area contributed by atoms with E-state index in [0.717, 1.165) is 6.42 Å². The van der Waals surface area contributed by atoms with Crippen LogP contribution in [0.5, 0.6) is 5.75 Å². The Labute approximate surface area is 118 Å². The molecule has 0 radical (unpaired) electrons. The van der Waals surface area contributed by atoms with Gasteiger partial charge in [-0.1, -0.05) is 13.0 Å². The lowest BCUT2D eigenvalue weighted by molar-refractivity contribution is -0.124. The van der Waals surface area contributed by atoms with Crippen molar-refractivity contribution in [1.82, 2.24) is 5.32 Å². The summed E-state index contributed by atoms with van der Waals surface area (Å²) in [6.45, 7) is 3.48. The van der Waals surface area contributed by atoms with Crippen molar-refractivity contribution in [2.75, 3.05) is 19.5 Å². The molecule has 20 heavy (non-hydrogen) atoms. The fourth-order valence-electron chi connectivity index (χ4n) is 1.56. The number of hydrogen-bond donors (Lipinski definition) is 2. The number of anilines is 1. The molecule has 110 valence electrons. The van der Waals surface area contributed by atoms with E-state index < -0.39 is 5.97 Å². The molecule has 0 saturated carbocycles. The van der Waals surface area contributed by atoms with Crippen molar-refractivity contribution in [3.05, 3.63) is 23.8 Å². The second-order valence-corrected chi connectivity index (χ2v) is 4.38. The third-order valence-corrected chi connectivity index (χ3v) is 2.84. The van der Waals surface area contributed by atoms with Gasteiger partial charge in [-0.25, -0.2) is 4.79 Å². The van der Waals surface area contributed by atoms with E-state index in [-0.39, 0.29) is 29.8 Å². The average Bonchev–Trinajstić information content (AvgIpc) is 2.44. The predicted octanol–water partition coefficient (Wildman–Crippen LogP) is 1.35. The molecule has 0 aliphatic carbocycles. The highest BCUT2D eigenvalue weighted by atomic mass is 16.5. The second kappa shape index (κ2) is 7.37. The summed E-state index contributed by atoms with van der Waals surface area (Å²) in [6, 6.07) is 4.88. The Morgan fingerprint density at radius 1 is 1.40 bits per heavy atom. The lowest BCUT2D eigenvalue weighted by Crippen LogP contribution is -2.35. The molecule has 1 unspecified atom stereocenters. The molecule has 0 aliphatic rings. The van der Waals surface area contributed by atoms with Crippen LogP contribution in [0.15, 0.2) is 18.2 Å². The zero-order valence-electron chi connectivity index (χ0n) is 11.9. The van der Waals surface area contributed by atoms with Crippen molar-refractivity contribution in [3.8, 4) is 5.75 Å². The molecule has 6 nitrogen and oxygen atoms in total. The summed E-state index contributed by atoms with van der Waals surface area (Å²) in [4.78, 5) is 23.5. The lowest BCUT2D eigenvalue weighted by atomic mass is 10.1. The number of carbonyl (C=O) groups is 2. The van der Waals surface area contributed by atoms with E-state index >= 15 is 0 Å². The van der Waals surface area contributed by atoms with Crippen molar-refractivity contribution in [1.29, 1.82) is 0 Å². The van der Waals surface area contributed by atoms with Crippen LogP contribution in [0.4, 0.5) is 5.69 Å². The van der Waals surface area contributed by atoms with Crippen LogP contribution in [-0.4, -0.2) is 31.6 Å². The number of ether oxygens (including phenoxy) is 2. The highest BCUT2D eigenvalue weighted by Gasteiger charge is 2.18. The Kier molecular flexibility index (Phi) is 5.83. The van der Waals surface area contributed by atoms with Gasteiger partial charge >= 0.3 is 5.97 Å². The monoisotopic (exact) mass is 280 g/mol. The molecular weight excluding hydrogens is 260 g/mol. The van der Waals surface area contributed by atoms with Gasteiger partial charge in [0.25, 0.3) is 5.91 Å². The summed E-state index contributed by atoms with van der Waals surface area (Å²) >= 11 is 0. The zero-order chi connectivity index (χ0) is 15.1. The number of nitrogen functional groups attached to an aromatic ring is 1. The van der Waals surface area contributed by atoms with E-state index in [2.05, 4.69) is 5.32 Å². The fourth-order valence-corrected chi connectivity index (χ4v) is 1.56. The van der Waals surface area contributed by atoms with Gasteiger partial charge in [0, 0.05) is 11.7 Å². The van der Waals surface area contributed by atoms with Crippen LogP contribution in [0.2, 0.25) is 0 Å². The zero-order valence-corrected chi connectivity index (χ0v) is 11.9. The first-order valence-electron chi connectivity index (χ1n) is 6.38. The highest BCUT2D eigenvalue weighted by Crippen LogP contribution is 2.24. The fraction of sp³-hybridized carbons (Fsp3) is 0.429. The minimum atomic E-state index is -0.681. The Morgan fingerprint density at radius 2 is 2.10 bits per heavy atom. The number of benzene rings is 1. The maximum Gasteiger partial charge on any atom is 0.344 e. The molecule has 0 saturated heterocycles. The summed E-state index contributed by atoms with van der Waals surface area (Å²) in [5.41, 5.74) is 6.10. The topological polar surface area (TPSA) is 90.7 Å². The molecule has 0 aliphatic heterocycles. The maximum atomic E-state index is 11.9. The molecule has 3 N–H and O–H groups in total. The van der Waals surface area contributed by atoms with Gasteiger partial charge in [-0.05, 0) is 25.5 Å². The second-order valence-electron chi connectivity index (χ2n) is 4.38. The minimum absolute atomic E-state index is 0.0394. The molecule has 1 aromatic rings. The van der Waals surface area contributed by atoms with Gasteiger partial charge in [-0.15, -0.1) is 0 Å². The molecule has 0 spiro atoms. The Balaban J connectivity index is 2.66. The van der Waals surface area contributed by atoms with E-state index in [1.54, 1.807) is 18.2 Å². The number of rotatable bonds is 6. The minimum Gasteiger partial charge on any atom is -0.496 e. The van der Waals surface area contributed by atoms with Gasteiger partial charge in [0.15, 0.2) is 6.61 Å². The third kappa shape index (κ3) is 4.15. The number of carbonyl (C=O) groups excluding carboxylic acids is 2. The molecule has 0 heterocycles. The number of hydrogen-bond acceptors (Lipinski definition) is 5. The molecule has 1 amide bonds. The van der Waals surface area contributed by atoms with Crippen LogP contribution < -0.4 is 15.8 Å². The molecular formula is C14H20N2O4. The van der Waals surface area contributed by atoms with Crippen LogP contribution >= 0.6 is 0 Å². The summed E-state index contributed by atoms with van der Waals surface area (Å²) in [7, 11) is 1.43. The van der Waals surface area contributed by atoms with Crippen LogP contribution in [0.25, 0.3) is 0 Å². The quantitative estimate of drug-likeness (QED) is 0.606. The van der Waals surface area contributed by atoms with Crippen LogP contribution in [0.3, 0.4) is 0 Å². The maximum absolute atomic E-state index is 11.9. The number of nitrogens with one attached hydrogen (secondary N) is 1. The summed E-state index contributed by atoms with van der Waals surface area (Å²) in [5.74, 6) is -0.710. The van der Waals surface area contributed by atoms with Gasteiger partial charge in [0.2, 0.25) is 0 Å². The third-order valence-electron chi connectivity index (χ3n) is 2.84. The summed E-state index contributed by atoms with van der Waals surface area (Å²) in [6.07, 6.45) is 0.805. The summed E-state index contributed by atoms with van der Waals surface area (Å²) < 4.78 is 10.0. The van der Waals surface area contributed by atoms with Crippen molar-refractivity contribution >= 4 is 17.6 Å². The smallest absolute Gasteiger partial charge is 0.344 e. The molecule has 1 atom stereocenters. The molecule has 1 aromatic carbocycles. The molecule has 6 heteroatoms. The number of nitrogens with two attached hydrogens (primary N) is 1. The molecule has 1 rings (SSSR count). The molecule has 0 aromatic heterocycles. The Hall–Kier alpha value is -2.24. The SMILES string of the molecule is CCC(C)NC(=O)COC(=O)c1c(N)cccc1OC. The first kappa shape index (κ1) is 15.8. The average molecular weight is 280 g/mol. The van der Waals surface area contributed by atoms with Crippen molar-refractivity contribution in [2.24, 2.45) is 0 Å². The van der Waals surface area contributed by atoms with Gasteiger partial charge < -0.3 is 20.5 Å². The lowest BCUT2D eigenvalue weighted by Gasteiger charge is -2.13. The van der Waals surface area contributed by atoms with Gasteiger partial charge in [-0.2, -0.15) is 0 Å². The van der Waals surface area contributed by atoms with E-state index in [4.69, 9.17) is 15.2 Å². The standard InChI is InChI=1S/C14H20N2O4/c1-4-9(2)16-12(17)8-20-14(18)13-10(15)6-5-7-11(13)19-3/h5-7,9H,4,8,15H2,1-3H3,(H,16,17). The van der Waals surface area contributed by atoms with Crippen molar-refractivity contribution in [2.45, 2.75) is 26.3 Å². The van der Waals surface area contributed by atoms with Crippen molar-refractivity contribution < 1.29 is 19.1 Å². The Morgan fingerprint density at radius 3 is 2.70 bits per heavy atom. The largest absolute Gasteiger partial charge is 0.496 e. The number of amides is 1. The Bertz CT molecular complexity index is 488. The van der Waals surface area contributed by atoms with E-state index in [1.165, 1.54) is 7.11 Å². The van der Waals surface area contributed by atoms with E-state index in [0.29, 0.717) is 5.75 Å². The van der Waals surface area contributed by atoms with E-state index in [1.807, 2.05) is 13.8 Å². The number of esters is 1. The predicted molar refractivity (Wildman–Crippen MR) is 75.6 cm³/mol. The highest BCUT2D eigenvalue weighted by molar-refractivity contribution is 5.99. The van der Waals surface area contributed by atoms with Gasteiger partial charge in [-0.3, -0.25) is 4.79 Å². The van der Waals surface area contributed by atoms with Gasteiger partial charge in [0.05, 0.1) is 7.11 Å².